The average molecular weight is 415 g/mol. The van der Waals surface area contributed by atoms with E-state index >= 15 is 0 Å². The van der Waals surface area contributed by atoms with E-state index in [4.69, 9.17) is 4.74 Å². The standard InChI is InChI=1S/C21H23BrN2O2/c22-19-7-3-1-5-15(19)14-26-20-8-4-2-6-18(20)21(25)23-16-11-12-24(13-16)17-9-10-17/h1-8,16-17H,9-14H2,(H,23,25). The number of carbonyl (C=O) groups excluding carboxylic acids is 1. The number of para-hydroxylation sites is 1. The minimum atomic E-state index is -0.0459. The molecule has 1 unspecified atom stereocenters. The lowest BCUT2D eigenvalue weighted by atomic mass is 10.1. The van der Waals surface area contributed by atoms with Crippen LogP contribution in [0.4, 0.5) is 0 Å². The van der Waals surface area contributed by atoms with Gasteiger partial charge in [-0.05, 0) is 37.5 Å². The number of hydrogen-bond acceptors (Lipinski definition) is 3. The van der Waals surface area contributed by atoms with Crippen molar-refractivity contribution in [1.29, 1.82) is 0 Å². The topological polar surface area (TPSA) is 41.6 Å². The monoisotopic (exact) mass is 414 g/mol. The molecule has 0 bridgehead atoms. The van der Waals surface area contributed by atoms with Crippen LogP contribution in [-0.4, -0.2) is 36.0 Å². The van der Waals surface area contributed by atoms with Gasteiger partial charge in [0.2, 0.25) is 0 Å². The van der Waals surface area contributed by atoms with E-state index in [9.17, 15) is 4.79 Å². The summed E-state index contributed by atoms with van der Waals surface area (Å²) in [6, 6.07) is 16.4. The Morgan fingerprint density at radius 3 is 2.69 bits per heavy atom. The molecule has 2 aliphatic rings. The van der Waals surface area contributed by atoms with Crippen molar-refractivity contribution in [3.8, 4) is 5.75 Å². The Kier molecular flexibility index (Phi) is 5.27. The molecule has 0 radical (unpaired) electrons. The van der Waals surface area contributed by atoms with Crippen LogP contribution in [0, 0.1) is 0 Å². The molecule has 1 aliphatic carbocycles. The van der Waals surface area contributed by atoms with E-state index in [0.29, 0.717) is 17.9 Å². The number of likely N-dealkylation sites (tertiary alicyclic amines) is 1. The lowest BCUT2D eigenvalue weighted by Crippen LogP contribution is -2.37. The third-order valence-corrected chi connectivity index (χ3v) is 5.86. The molecule has 2 fully saturated rings. The molecule has 0 spiro atoms. The average Bonchev–Trinajstić information content (AvgIpc) is 3.41. The number of nitrogens with zero attached hydrogens (tertiary/aromatic N) is 1. The maximum absolute atomic E-state index is 12.8. The van der Waals surface area contributed by atoms with Gasteiger partial charge >= 0.3 is 0 Å². The molecular weight excluding hydrogens is 392 g/mol. The molecule has 2 aromatic rings. The van der Waals surface area contributed by atoms with Gasteiger partial charge in [0.05, 0.1) is 5.56 Å². The molecule has 1 heterocycles. The third kappa shape index (κ3) is 4.10. The first-order valence-electron chi connectivity index (χ1n) is 9.21. The fourth-order valence-electron chi connectivity index (χ4n) is 3.49. The van der Waals surface area contributed by atoms with Crippen molar-refractivity contribution in [2.45, 2.75) is 38.0 Å². The fourth-order valence-corrected chi connectivity index (χ4v) is 3.89. The lowest BCUT2D eigenvalue weighted by Gasteiger charge is -2.17. The maximum atomic E-state index is 12.8. The van der Waals surface area contributed by atoms with Crippen LogP contribution in [0.3, 0.4) is 0 Å². The van der Waals surface area contributed by atoms with Crippen LogP contribution >= 0.6 is 15.9 Å². The Bertz CT molecular complexity index is 791. The zero-order valence-electron chi connectivity index (χ0n) is 14.7. The zero-order valence-corrected chi connectivity index (χ0v) is 16.2. The molecule has 136 valence electrons. The predicted molar refractivity (Wildman–Crippen MR) is 105 cm³/mol. The molecule has 1 N–H and O–H groups in total. The van der Waals surface area contributed by atoms with Crippen LogP contribution in [0.15, 0.2) is 53.0 Å². The minimum Gasteiger partial charge on any atom is -0.488 e. The molecule has 1 amide bonds. The number of hydrogen-bond donors (Lipinski definition) is 1. The molecule has 5 heteroatoms. The molecule has 1 aliphatic heterocycles. The summed E-state index contributed by atoms with van der Waals surface area (Å²) in [7, 11) is 0. The molecule has 2 aromatic carbocycles. The van der Waals surface area contributed by atoms with Crippen molar-refractivity contribution in [2.24, 2.45) is 0 Å². The number of rotatable bonds is 6. The summed E-state index contributed by atoms with van der Waals surface area (Å²) in [6.07, 6.45) is 3.65. The van der Waals surface area contributed by atoms with Crippen LogP contribution in [0.1, 0.15) is 35.2 Å². The normalized spacial score (nSPS) is 20.1. The molecule has 4 rings (SSSR count). The first-order chi connectivity index (χ1) is 12.7. The Morgan fingerprint density at radius 1 is 1.12 bits per heavy atom. The first-order valence-corrected chi connectivity index (χ1v) is 10.00. The van der Waals surface area contributed by atoms with Crippen LogP contribution in [0.25, 0.3) is 0 Å². The first kappa shape index (κ1) is 17.6. The number of carbonyl (C=O) groups is 1. The van der Waals surface area contributed by atoms with Crippen LogP contribution in [0.5, 0.6) is 5.75 Å². The molecule has 26 heavy (non-hydrogen) atoms. The SMILES string of the molecule is O=C(NC1CCN(C2CC2)C1)c1ccccc1OCc1ccccc1Br. The highest BCUT2D eigenvalue weighted by molar-refractivity contribution is 9.10. The van der Waals surface area contributed by atoms with Gasteiger partial charge in [0.1, 0.15) is 12.4 Å². The highest BCUT2D eigenvalue weighted by Crippen LogP contribution is 2.30. The van der Waals surface area contributed by atoms with E-state index in [1.165, 1.54) is 12.8 Å². The highest BCUT2D eigenvalue weighted by Gasteiger charge is 2.35. The Balaban J connectivity index is 1.40. The summed E-state index contributed by atoms with van der Waals surface area (Å²) in [6.45, 7) is 2.48. The number of benzene rings is 2. The molecular formula is C21H23BrN2O2. The van der Waals surface area contributed by atoms with Gasteiger partial charge in [-0.3, -0.25) is 9.69 Å². The summed E-state index contributed by atoms with van der Waals surface area (Å²) in [5.74, 6) is 0.577. The van der Waals surface area contributed by atoms with Gasteiger partial charge in [-0.1, -0.05) is 46.3 Å². The second-order valence-electron chi connectivity index (χ2n) is 7.06. The Hall–Kier alpha value is -1.85. The van der Waals surface area contributed by atoms with Gasteiger partial charge < -0.3 is 10.1 Å². The summed E-state index contributed by atoms with van der Waals surface area (Å²) < 4.78 is 6.97. The minimum absolute atomic E-state index is 0.0459. The number of ether oxygens (including phenoxy) is 1. The van der Waals surface area contributed by atoms with Crippen molar-refractivity contribution in [3.63, 3.8) is 0 Å². The Labute approximate surface area is 162 Å². The number of amides is 1. The number of halogens is 1. The van der Waals surface area contributed by atoms with Gasteiger partial charge in [-0.2, -0.15) is 0 Å². The summed E-state index contributed by atoms with van der Waals surface area (Å²) in [4.78, 5) is 15.3. The molecule has 0 aromatic heterocycles. The summed E-state index contributed by atoms with van der Waals surface area (Å²) in [5, 5.41) is 3.19. The quantitative estimate of drug-likeness (QED) is 0.776. The zero-order chi connectivity index (χ0) is 17.9. The summed E-state index contributed by atoms with van der Waals surface area (Å²) in [5.41, 5.74) is 1.66. The second kappa shape index (κ2) is 7.80. The van der Waals surface area contributed by atoms with E-state index in [-0.39, 0.29) is 11.9 Å². The van der Waals surface area contributed by atoms with E-state index in [0.717, 1.165) is 35.6 Å². The predicted octanol–water partition coefficient (Wildman–Crippen LogP) is 3.99. The van der Waals surface area contributed by atoms with E-state index in [1.54, 1.807) is 0 Å². The van der Waals surface area contributed by atoms with Gasteiger partial charge in [0, 0.05) is 35.2 Å². The van der Waals surface area contributed by atoms with Gasteiger partial charge in [-0.25, -0.2) is 0 Å². The van der Waals surface area contributed by atoms with E-state index in [1.807, 2.05) is 48.5 Å². The molecule has 1 saturated heterocycles. The lowest BCUT2D eigenvalue weighted by molar-refractivity contribution is 0.0933. The van der Waals surface area contributed by atoms with Crippen molar-refractivity contribution in [1.82, 2.24) is 10.2 Å². The van der Waals surface area contributed by atoms with Crippen LogP contribution < -0.4 is 10.1 Å². The van der Waals surface area contributed by atoms with Gasteiger partial charge in [-0.15, -0.1) is 0 Å². The van der Waals surface area contributed by atoms with E-state index in [2.05, 4.69) is 26.1 Å². The largest absolute Gasteiger partial charge is 0.488 e. The van der Waals surface area contributed by atoms with Crippen molar-refractivity contribution in [3.05, 3.63) is 64.1 Å². The van der Waals surface area contributed by atoms with Crippen LogP contribution in [-0.2, 0) is 6.61 Å². The number of nitrogens with one attached hydrogen (secondary N) is 1. The molecule has 4 nitrogen and oxygen atoms in total. The van der Waals surface area contributed by atoms with Crippen molar-refractivity contribution < 1.29 is 9.53 Å². The third-order valence-electron chi connectivity index (χ3n) is 5.09. The van der Waals surface area contributed by atoms with E-state index < -0.39 is 0 Å². The molecule has 1 saturated carbocycles. The molecule has 1 atom stereocenters. The Morgan fingerprint density at radius 2 is 1.88 bits per heavy atom. The van der Waals surface area contributed by atoms with Crippen molar-refractivity contribution >= 4 is 21.8 Å². The van der Waals surface area contributed by atoms with Gasteiger partial charge in [0.15, 0.2) is 0 Å². The van der Waals surface area contributed by atoms with Gasteiger partial charge in [0.25, 0.3) is 5.91 Å². The van der Waals surface area contributed by atoms with Crippen molar-refractivity contribution in [2.75, 3.05) is 13.1 Å². The highest BCUT2D eigenvalue weighted by atomic mass is 79.9. The maximum Gasteiger partial charge on any atom is 0.255 e. The fraction of sp³-hybridized carbons (Fsp3) is 0.381. The smallest absolute Gasteiger partial charge is 0.255 e. The summed E-state index contributed by atoms with van der Waals surface area (Å²) >= 11 is 3.53. The van der Waals surface area contributed by atoms with Crippen LogP contribution in [0.2, 0.25) is 0 Å². The second-order valence-corrected chi connectivity index (χ2v) is 7.92.